The number of primary amides is 1. The van der Waals surface area contributed by atoms with Gasteiger partial charge in [-0.15, -0.1) is 24.0 Å². The standard InChI is InChI=1S/C20H35N5O2.HI/c1-19(2,17(21)26)25-11-9-24(10-12-25)18(22-3)23-15-14-6-13-27-16(14)20(15)7-4-5-8-20;/h14-16H,4-13H2,1-3H3,(H2,21,26)(H,22,23);1H. The largest absolute Gasteiger partial charge is 0.377 e. The zero-order valence-corrected chi connectivity index (χ0v) is 19.8. The van der Waals surface area contributed by atoms with Crippen LogP contribution >= 0.6 is 24.0 Å². The summed E-state index contributed by atoms with van der Waals surface area (Å²) in [5, 5.41) is 3.84. The third-order valence-electron chi connectivity index (χ3n) is 7.76. The molecule has 3 N–H and O–H groups in total. The Labute approximate surface area is 185 Å². The molecule has 7 nitrogen and oxygen atoms in total. The van der Waals surface area contributed by atoms with E-state index < -0.39 is 5.54 Å². The Bertz CT molecular complexity index is 612. The van der Waals surface area contributed by atoms with Crippen molar-refractivity contribution in [3.05, 3.63) is 0 Å². The van der Waals surface area contributed by atoms with Crippen LogP contribution in [0.3, 0.4) is 0 Å². The van der Waals surface area contributed by atoms with Crippen LogP contribution in [0, 0.1) is 11.3 Å². The molecule has 1 spiro atoms. The molecule has 2 saturated carbocycles. The van der Waals surface area contributed by atoms with Crippen molar-refractivity contribution in [1.29, 1.82) is 0 Å². The van der Waals surface area contributed by atoms with Gasteiger partial charge in [-0.1, -0.05) is 12.8 Å². The highest BCUT2D eigenvalue weighted by atomic mass is 127. The molecule has 4 fully saturated rings. The molecule has 28 heavy (non-hydrogen) atoms. The molecule has 3 atom stereocenters. The Kier molecular flexibility index (Phi) is 6.51. The highest BCUT2D eigenvalue weighted by Crippen LogP contribution is 2.60. The number of nitrogens with two attached hydrogens (primary N) is 1. The SMILES string of the molecule is CN=C(NC1C2CCOC2C12CCCC2)N1CCN(C(C)(C)C(N)=O)CC1.I. The fraction of sp³-hybridized carbons (Fsp3) is 0.900. The van der Waals surface area contributed by atoms with Crippen LogP contribution < -0.4 is 11.1 Å². The number of carbonyl (C=O) groups excluding carboxylic acids is 1. The highest BCUT2D eigenvalue weighted by Gasteiger charge is 2.65. The van der Waals surface area contributed by atoms with Gasteiger partial charge in [0, 0.05) is 57.2 Å². The number of amides is 1. The molecule has 4 rings (SSSR count). The Balaban J connectivity index is 0.00000225. The third-order valence-corrected chi connectivity index (χ3v) is 7.76. The number of hydrogen-bond acceptors (Lipinski definition) is 4. The summed E-state index contributed by atoms with van der Waals surface area (Å²) in [7, 11) is 1.88. The minimum absolute atomic E-state index is 0. The maximum Gasteiger partial charge on any atom is 0.237 e. The minimum Gasteiger partial charge on any atom is -0.377 e. The van der Waals surface area contributed by atoms with E-state index >= 15 is 0 Å². The van der Waals surface area contributed by atoms with E-state index in [1.807, 2.05) is 20.9 Å². The van der Waals surface area contributed by atoms with Crippen LogP contribution in [0.25, 0.3) is 0 Å². The molecule has 1 amide bonds. The average molecular weight is 505 g/mol. The molecule has 2 heterocycles. The molecular formula is C20H36IN5O2. The molecule has 0 aromatic rings. The van der Waals surface area contributed by atoms with Crippen molar-refractivity contribution >= 4 is 35.8 Å². The molecule has 0 aromatic heterocycles. The quantitative estimate of drug-likeness (QED) is 0.345. The van der Waals surface area contributed by atoms with E-state index in [-0.39, 0.29) is 29.9 Å². The number of hydrogen-bond donors (Lipinski definition) is 2. The summed E-state index contributed by atoms with van der Waals surface area (Å²) in [4.78, 5) is 20.9. The van der Waals surface area contributed by atoms with E-state index in [0.717, 1.165) is 38.7 Å². The summed E-state index contributed by atoms with van der Waals surface area (Å²) in [5.74, 6) is 1.38. The van der Waals surface area contributed by atoms with Gasteiger partial charge in [0.25, 0.3) is 0 Å². The van der Waals surface area contributed by atoms with E-state index in [9.17, 15) is 4.79 Å². The van der Waals surface area contributed by atoms with Crippen LogP contribution in [-0.4, -0.2) is 79.2 Å². The van der Waals surface area contributed by atoms with E-state index in [1.165, 1.54) is 32.1 Å². The number of aliphatic imine (C=N–C) groups is 1. The molecule has 2 aliphatic carbocycles. The first-order valence-electron chi connectivity index (χ1n) is 10.5. The molecule has 2 saturated heterocycles. The van der Waals surface area contributed by atoms with Crippen molar-refractivity contribution in [2.75, 3.05) is 39.8 Å². The molecule has 4 aliphatic rings. The Morgan fingerprint density at radius 2 is 1.86 bits per heavy atom. The summed E-state index contributed by atoms with van der Waals surface area (Å²) in [6, 6.07) is 0.492. The van der Waals surface area contributed by atoms with Gasteiger partial charge in [0.2, 0.25) is 5.91 Å². The van der Waals surface area contributed by atoms with E-state index in [0.29, 0.717) is 23.5 Å². The van der Waals surface area contributed by atoms with Crippen LogP contribution in [0.2, 0.25) is 0 Å². The maximum absolute atomic E-state index is 11.8. The molecule has 8 heteroatoms. The number of piperazine rings is 1. The van der Waals surface area contributed by atoms with Gasteiger partial charge in [0.05, 0.1) is 11.6 Å². The van der Waals surface area contributed by atoms with Crippen LogP contribution in [0.4, 0.5) is 0 Å². The monoisotopic (exact) mass is 505 g/mol. The molecule has 0 aromatic carbocycles. The van der Waals surface area contributed by atoms with Crippen molar-refractivity contribution in [2.24, 2.45) is 22.1 Å². The van der Waals surface area contributed by atoms with Crippen LogP contribution in [0.5, 0.6) is 0 Å². The average Bonchev–Trinajstić information content (AvgIpc) is 3.31. The van der Waals surface area contributed by atoms with Crippen molar-refractivity contribution in [1.82, 2.24) is 15.1 Å². The predicted octanol–water partition coefficient (Wildman–Crippen LogP) is 1.41. The highest BCUT2D eigenvalue weighted by molar-refractivity contribution is 14.0. The molecule has 3 unspecified atom stereocenters. The van der Waals surface area contributed by atoms with Gasteiger partial charge in [-0.25, -0.2) is 0 Å². The second-order valence-electron chi connectivity index (χ2n) is 9.25. The molecule has 0 radical (unpaired) electrons. The number of nitrogens with zero attached hydrogens (tertiary/aromatic N) is 3. The van der Waals surface area contributed by atoms with Gasteiger partial charge >= 0.3 is 0 Å². The minimum atomic E-state index is -0.598. The number of halogens is 1. The summed E-state index contributed by atoms with van der Waals surface area (Å²) in [5.41, 5.74) is 5.32. The number of ether oxygens (including phenoxy) is 1. The fourth-order valence-electron chi connectivity index (χ4n) is 5.97. The van der Waals surface area contributed by atoms with E-state index in [2.05, 4.69) is 20.1 Å². The summed E-state index contributed by atoms with van der Waals surface area (Å²) in [6.45, 7) is 8.10. The van der Waals surface area contributed by atoms with Crippen molar-refractivity contribution < 1.29 is 9.53 Å². The predicted molar refractivity (Wildman–Crippen MR) is 121 cm³/mol. The van der Waals surface area contributed by atoms with Gasteiger partial charge in [0.1, 0.15) is 0 Å². The Morgan fingerprint density at radius 3 is 2.43 bits per heavy atom. The number of carbonyl (C=O) groups is 1. The Hall–Kier alpha value is -0.610. The van der Waals surface area contributed by atoms with Crippen LogP contribution in [0.1, 0.15) is 46.0 Å². The summed E-state index contributed by atoms with van der Waals surface area (Å²) in [6.07, 6.45) is 6.84. The van der Waals surface area contributed by atoms with E-state index in [1.54, 1.807) is 0 Å². The van der Waals surface area contributed by atoms with Crippen LogP contribution in [0.15, 0.2) is 4.99 Å². The molecule has 160 valence electrons. The van der Waals surface area contributed by atoms with Gasteiger partial charge in [-0.05, 0) is 33.1 Å². The fourth-order valence-corrected chi connectivity index (χ4v) is 5.97. The lowest BCUT2D eigenvalue weighted by Crippen LogP contribution is -2.70. The van der Waals surface area contributed by atoms with Gasteiger partial charge in [-0.3, -0.25) is 14.7 Å². The topological polar surface area (TPSA) is 83.2 Å². The lowest BCUT2D eigenvalue weighted by molar-refractivity contribution is -0.129. The lowest BCUT2D eigenvalue weighted by Gasteiger charge is -2.57. The van der Waals surface area contributed by atoms with Crippen LogP contribution in [-0.2, 0) is 9.53 Å². The number of fused-ring (bicyclic) bond motifs is 2. The Morgan fingerprint density at radius 1 is 1.21 bits per heavy atom. The maximum atomic E-state index is 11.8. The summed E-state index contributed by atoms with van der Waals surface area (Å²) >= 11 is 0. The van der Waals surface area contributed by atoms with Crippen molar-refractivity contribution in [3.63, 3.8) is 0 Å². The number of rotatable bonds is 3. The second-order valence-corrected chi connectivity index (χ2v) is 9.25. The third kappa shape index (κ3) is 3.43. The van der Waals surface area contributed by atoms with E-state index in [4.69, 9.17) is 10.5 Å². The molecule has 2 aliphatic heterocycles. The first-order chi connectivity index (χ1) is 12.9. The van der Waals surface area contributed by atoms with Crippen molar-refractivity contribution in [2.45, 2.75) is 63.6 Å². The first-order valence-corrected chi connectivity index (χ1v) is 10.5. The smallest absolute Gasteiger partial charge is 0.237 e. The zero-order valence-electron chi connectivity index (χ0n) is 17.4. The van der Waals surface area contributed by atoms with Gasteiger partial charge < -0.3 is 20.7 Å². The van der Waals surface area contributed by atoms with Gasteiger partial charge in [0.15, 0.2) is 5.96 Å². The lowest BCUT2D eigenvalue weighted by atomic mass is 9.54. The normalized spacial score (nSPS) is 32.6. The molecular weight excluding hydrogens is 469 g/mol. The van der Waals surface area contributed by atoms with Crippen molar-refractivity contribution in [3.8, 4) is 0 Å². The summed E-state index contributed by atoms with van der Waals surface area (Å²) < 4.78 is 6.11. The number of nitrogens with one attached hydrogen (secondary N) is 1. The first kappa shape index (κ1) is 22.1. The second kappa shape index (κ2) is 8.26. The zero-order chi connectivity index (χ0) is 19.2. The molecule has 0 bridgehead atoms. The number of guanidine groups is 1. The van der Waals surface area contributed by atoms with Gasteiger partial charge in [-0.2, -0.15) is 0 Å².